The molecule has 0 aromatic heterocycles. The van der Waals surface area contributed by atoms with Crippen molar-refractivity contribution in [2.24, 2.45) is 11.8 Å². The van der Waals surface area contributed by atoms with Gasteiger partial charge >= 0.3 is 0 Å². The van der Waals surface area contributed by atoms with Crippen molar-refractivity contribution in [1.82, 2.24) is 10.6 Å². The van der Waals surface area contributed by atoms with Gasteiger partial charge in [-0.15, -0.1) is 12.4 Å². The number of hydrogen-bond acceptors (Lipinski definition) is 3. The van der Waals surface area contributed by atoms with E-state index < -0.39 is 6.10 Å². The number of carbonyl (C=O) groups is 1. The molecule has 0 spiro atoms. The highest BCUT2D eigenvalue weighted by atomic mass is 35.5. The third kappa shape index (κ3) is 3.19. The topological polar surface area (TPSA) is 50.4 Å². The van der Waals surface area contributed by atoms with E-state index in [2.05, 4.69) is 10.6 Å². The van der Waals surface area contributed by atoms with Crippen molar-refractivity contribution in [3.05, 3.63) is 29.3 Å². The van der Waals surface area contributed by atoms with Crippen molar-refractivity contribution in [2.75, 3.05) is 13.1 Å². The quantitative estimate of drug-likeness (QED) is 0.891. The second-order valence-corrected chi connectivity index (χ2v) is 5.67. The Labute approximate surface area is 129 Å². The van der Waals surface area contributed by atoms with E-state index in [4.69, 9.17) is 16.3 Å². The molecule has 6 heteroatoms. The second kappa shape index (κ2) is 6.20. The van der Waals surface area contributed by atoms with Crippen molar-refractivity contribution >= 4 is 29.9 Å². The molecule has 3 unspecified atom stereocenters. The third-order valence-electron chi connectivity index (χ3n) is 3.88. The fourth-order valence-electron chi connectivity index (χ4n) is 2.71. The summed E-state index contributed by atoms with van der Waals surface area (Å²) in [6.07, 6.45) is -0.507. The summed E-state index contributed by atoms with van der Waals surface area (Å²) in [5.41, 5.74) is 0. The number of halogens is 2. The van der Waals surface area contributed by atoms with E-state index in [0.717, 1.165) is 13.1 Å². The van der Waals surface area contributed by atoms with Gasteiger partial charge in [0, 0.05) is 24.2 Å². The Kier molecular flexibility index (Phi) is 4.78. The summed E-state index contributed by atoms with van der Waals surface area (Å²) in [5, 5.41) is 6.96. The normalized spacial score (nSPS) is 28.0. The largest absolute Gasteiger partial charge is 0.481 e. The molecule has 2 N–H and O–H groups in total. The molecular weight excluding hydrogens is 299 g/mol. The van der Waals surface area contributed by atoms with Gasteiger partial charge in [0.15, 0.2) is 6.10 Å². The number of fused-ring (bicyclic) bond motifs is 1. The van der Waals surface area contributed by atoms with Crippen LogP contribution in [0, 0.1) is 11.8 Å². The number of carbonyl (C=O) groups excluding carboxylic acids is 1. The molecule has 3 rings (SSSR count). The van der Waals surface area contributed by atoms with Gasteiger partial charge in [0.1, 0.15) is 5.75 Å². The molecule has 1 heterocycles. The molecule has 1 aliphatic heterocycles. The Hall–Kier alpha value is -0.970. The first-order valence-electron chi connectivity index (χ1n) is 6.58. The molecule has 20 heavy (non-hydrogen) atoms. The summed E-state index contributed by atoms with van der Waals surface area (Å²) < 4.78 is 5.60. The molecule has 1 saturated heterocycles. The smallest absolute Gasteiger partial charge is 0.261 e. The molecule has 0 radical (unpaired) electrons. The van der Waals surface area contributed by atoms with E-state index in [-0.39, 0.29) is 18.3 Å². The van der Waals surface area contributed by atoms with E-state index in [0.29, 0.717) is 28.6 Å². The van der Waals surface area contributed by atoms with Gasteiger partial charge in [0.2, 0.25) is 0 Å². The fourth-order valence-corrected chi connectivity index (χ4v) is 2.89. The minimum atomic E-state index is -0.507. The first-order chi connectivity index (χ1) is 9.15. The summed E-state index contributed by atoms with van der Waals surface area (Å²) >= 11 is 5.88. The Balaban J connectivity index is 0.00000147. The lowest BCUT2D eigenvalue weighted by Crippen LogP contribution is -2.40. The molecule has 1 amide bonds. The Morgan fingerprint density at radius 2 is 2.15 bits per heavy atom. The standard InChI is InChI=1S/C14H17ClN2O2.ClH/c1-8(19-10-4-2-3-9(15)5-10)14(18)17-13-11-6-16-7-12(11)13;/h2-5,8,11-13,16H,6-7H2,1H3,(H,17,18);1H. The first-order valence-corrected chi connectivity index (χ1v) is 6.96. The molecule has 1 aromatic rings. The van der Waals surface area contributed by atoms with Gasteiger partial charge in [-0.2, -0.15) is 0 Å². The van der Waals surface area contributed by atoms with Crippen molar-refractivity contribution in [3.8, 4) is 5.75 Å². The van der Waals surface area contributed by atoms with Crippen molar-refractivity contribution in [1.29, 1.82) is 0 Å². The summed E-state index contributed by atoms with van der Waals surface area (Å²) in [5.74, 6) is 1.79. The number of rotatable bonds is 4. The zero-order valence-electron chi connectivity index (χ0n) is 11.1. The molecule has 2 fully saturated rings. The van der Waals surface area contributed by atoms with Crippen molar-refractivity contribution in [3.63, 3.8) is 0 Å². The first kappa shape index (κ1) is 15.4. The minimum Gasteiger partial charge on any atom is -0.481 e. The lowest BCUT2D eigenvalue weighted by molar-refractivity contribution is -0.127. The molecule has 2 aliphatic rings. The Bertz CT molecular complexity index is 488. The lowest BCUT2D eigenvalue weighted by atomic mass is 10.3. The van der Waals surface area contributed by atoms with Crippen LogP contribution in [0.5, 0.6) is 5.75 Å². The van der Waals surface area contributed by atoms with Gasteiger partial charge < -0.3 is 15.4 Å². The second-order valence-electron chi connectivity index (χ2n) is 5.24. The highest BCUT2D eigenvalue weighted by molar-refractivity contribution is 6.30. The maximum absolute atomic E-state index is 12.0. The van der Waals surface area contributed by atoms with Crippen LogP contribution in [0.15, 0.2) is 24.3 Å². The van der Waals surface area contributed by atoms with Crippen LogP contribution in [0.25, 0.3) is 0 Å². The van der Waals surface area contributed by atoms with Gasteiger partial charge in [-0.1, -0.05) is 17.7 Å². The summed E-state index contributed by atoms with van der Waals surface area (Å²) in [7, 11) is 0. The van der Waals surface area contributed by atoms with E-state index in [1.54, 1.807) is 31.2 Å². The maximum Gasteiger partial charge on any atom is 0.261 e. The fraction of sp³-hybridized carbons (Fsp3) is 0.500. The van der Waals surface area contributed by atoms with Crippen LogP contribution in [0.4, 0.5) is 0 Å². The molecule has 1 aromatic carbocycles. The molecular formula is C14H18Cl2N2O2. The van der Waals surface area contributed by atoms with Crippen LogP contribution in [0.1, 0.15) is 6.92 Å². The number of piperidine rings is 1. The number of amides is 1. The highest BCUT2D eigenvalue weighted by Crippen LogP contribution is 2.41. The molecule has 3 atom stereocenters. The SMILES string of the molecule is CC(Oc1cccc(Cl)c1)C(=O)NC1C2CNCC21.Cl. The Morgan fingerprint density at radius 1 is 1.45 bits per heavy atom. The van der Waals surface area contributed by atoms with Gasteiger partial charge in [0.25, 0.3) is 5.91 Å². The van der Waals surface area contributed by atoms with Gasteiger partial charge in [-0.05, 0) is 37.0 Å². The molecule has 1 aliphatic carbocycles. The zero-order valence-corrected chi connectivity index (χ0v) is 12.7. The maximum atomic E-state index is 12.0. The number of hydrogen-bond donors (Lipinski definition) is 2. The molecule has 0 bridgehead atoms. The summed E-state index contributed by atoms with van der Waals surface area (Å²) in [4.78, 5) is 12.0. The third-order valence-corrected chi connectivity index (χ3v) is 4.11. The van der Waals surface area contributed by atoms with E-state index in [1.165, 1.54) is 0 Å². The molecule has 110 valence electrons. The highest BCUT2D eigenvalue weighted by Gasteiger charge is 2.53. The lowest BCUT2D eigenvalue weighted by Gasteiger charge is -2.15. The van der Waals surface area contributed by atoms with Crippen molar-refractivity contribution < 1.29 is 9.53 Å². The molecule has 1 saturated carbocycles. The van der Waals surface area contributed by atoms with Crippen LogP contribution in [0.3, 0.4) is 0 Å². The number of nitrogens with one attached hydrogen (secondary N) is 2. The number of benzene rings is 1. The Morgan fingerprint density at radius 3 is 2.80 bits per heavy atom. The monoisotopic (exact) mass is 316 g/mol. The summed E-state index contributed by atoms with van der Waals surface area (Å²) in [6.45, 7) is 3.78. The molecule has 4 nitrogen and oxygen atoms in total. The van der Waals surface area contributed by atoms with Crippen LogP contribution >= 0.6 is 24.0 Å². The number of ether oxygens (including phenoxy) is 1. The van der Waals surface area contributed by atoms with Crippen LogP contribution in [-0.2, 0) is 4.79 Å². The average molecular weight is 317 g/mol. The zero-order chi connectivity index (χ0) is 13.4. The van der Waals surface area contributed by atoms with Gasteiger partial charge in [-0.25, -0.2) is 0 Å². The van der Waals surface area contributed by atoms with Gasteiger partial charge in [0.05, 0.1) is 0 Å². The van der Waals surface area contributed by atoms with Gasteiger partial charge in [-0.3, -0.25) is 4.79 Å². The summed E-state index contributed by atoms with van der Waals surface area (Å²) in [6, 6.07) is 7.42. The van der Waals surface area contributed by atoms with Crippen LogP contribution in [-0.4, -0.2) is 31.1 Å². The minimum absolute atomic E-state index is 0. The average Bonchev–Trinajstić information content (AvgIpc) is 2.83. The van der Waals surface area contributed by atoms with Crippen LogP contribution in [0.2, 0.25) is 5.02 Å². The van der Waals surface area contributed by atoms with E-state index >= 15 is 0 Å². The van der Waals surface area contributed by atoms with E-state index in [1.807, 2.05) is 0 Å². The predicted molar refractivity (Wildman–Crippen MR) is 80.6 cm³/mol. The van der Waals surface area contributed by atoms with E-state index in [9.17, 15) is 4.79 Å². The predicted octanol–water partition coefficient (Wildman–Crippen LogP) is 1.86. The van der Waals surface area contributed by atoms with Crippen molar-refractivity contribution in [2.45, 2.75) is 19.1 Å². The van der Waals surface area contributed by atoms with Crippen LogP contribution < -0.4 is 15.4 Å².